The van der Waals surface area contributed by atoms with Gasteiger partial charge in [-0.25, -0.2) is 19.2 Å². The highest BCUT2D eigenvalue weighted by molar-refractivity contribution is 6.00. The molecule has 34 heavy (non-hydrogen) atoms. The Morgan fingerprint density at radius 3 is 2.09 bits per heavy atom. The largest absolute Gasteiger partial charge is 0.387 e. The van der Waals surface area contributed by atoms with E-state index in [2.05, 4.69) is 20.6 Å². The molecule has 2 aromatic carbocycles. The zero-order valence-corrected chi connectivity index (χ0v) is 20.3. The van der Waals surface area contributed by atoms with Crippen LogP contribution in [0.4, 0.5) is 20.6 Å². The van der Waals surface area contributed by atoms with Crippen LogP contribution in [0.5, 0.6) is 0 Å². The number of carbonyl (C=O) groups excluding carboxylic acids is 1. The fourth-order valence-corrected chi connectivity index (χ4v) is 2.90. The number of nitrogens with one attached hydrogen (secondary N) is 2. The number of carbonyl (C=O) groups is 1. The van der Waals surface area contributed by atoms with Crippen LogP contribution in [0.15, 0.2) is 64.6 Å². The fraction of sp³-hybridized carbons (Fsp3) is 0.269. The van der Waals surface area contributed by atoms with E-state index in [-0.39, 0.29) is 5.92 Å². The van der Waals surface area contributed by atoms with Gasteiger partial charge in [0, 0.05) is 29.3 Å². The summed E-state index contributed by atoms with van der Waals surface area (Å²) in [6.07, 6.45) is 4.13. The smallest absolute Gasteiger partial charge is 0.323 e. The Balaban J connectivity index is 2.09. The predicted molar refractivity (Wildman–Crippen MR) is 141 cm³/mol. The maximum Gasteiger partial charge on any atom is 0.323 e. The first kappa shape index (κ1) is 26.3. The summed E-state index contributed by atoms with van der Waals surface area (Å²) < 4.78 is 14.7. The van der Waals surface area contributed by atoms with Crippen LogP contribution in [0.3, 0.4) is 0 Å². The van der Waals surface area contributed by atoms with Gasteiger partial charge < -0.3 is 22.1 Å². The number of aliphatic imine (C=N–C) groups is 2. The Labute approximate surface area is 200 Å². The molecule has 0 aromatic heterocycles. The molecule has 0 fully saturated rings. The number of amides is 2. The molecule has 2 aromatic rings. The molecule has 2 rings (SSSR count). The van der Waals surface area contributed by atoms with Crippen LogP contribution in [0, 0.1) is 11.7 Å². The van der Waals surface area contributed by atoms with Gasteiger partial charge in [0.05, 0.1) is 17.2 Å². The van der Waals surface area contributed by atoms with Gasteiger partial charge in [0.15, 0.2) is 0 Å². The Hall–Kier alpha value is -3.94. The molecule has 180 valence electrons. The summed E-state index contributed by atoms with van der Waals surface area (Å²) in [6, 6.07) is 11.1. The highest BCUT2D eigenvalue weighted by Crippen LogP contribution is 2.24. The third kappa shape index (κ3) is 7.30. The van der Waals surface area contributed by atoms with Crippen LogP contribution in [0.1, 0.15) is 52.2 Å². The number of amidine groups is 2. The molecule has 2 amide bonds. The number of nitrogens with two attached hydrogens (primary N) is 2. The predicted octanol–water partition coefficient (Wildman–Crippen LogP) is 5.97. The van der Waals surface area contributed by atoms with Crippen molar-refractivity contribution in [2.45, 2.75) is 41.0 Å². The number of rotatable bonds is 8. The highest BCUT2D eigenvalue weighted by Gasteiger charge is 2.11. The molecule has 0 saturated carbocycles. The second-order valence-electron chi connectivity index (χ2n) is 7.85. The summed E-state index contributed by atoms with van der Waals surface area (Å²) >= 11 is 0. The number of anilines is 2. The number of halogens is 1. The molecule has 6 N–H and O–H groups in total. The average Bonchev–Trinajstić information content (AvgIpc) is 2.81. The van der Waals surface area contributed by atoms with Gasteiger partial charge in [-0.2, -0.15) is 0 Å². The minimum atomic E-state index is -0.511. The zero-order chi connectivity index (χ0) is 25.3. The monoisotopic (exact) mass is 464 g/mol. The minimum absolute atomic E-state index is 0.144. The van der Waals surface area contributed by atoms with E-state index in [1.165, 1.54) is 6.07 Å². The van der Waals surface area contributed by atoms with E-state index in [1.807, 2.05) is 45.9 Å². The Bertz CT molecular complexity index is 1130. The second kappa shape index (κ2) is 12.3. The molecule has 0 bridgehead atoms. The first-order valence-corrected chi connectivity index (χ1v) is 11.2. The van der Waals surface area contributed by atoms with E-state index in [0.717, 1.165) is 11.3 Å². The highest BCUT2D eigenvalue weighted by atomic mass is 19.1. The lowest BCUT2D eigenvalue weighted by atomic mass is 10.1. The number of hydrogen-bond acceptors (Lipinski definition) is 3. The lowest BCUT2D eigenvalue weighted by Gasteiger charge is -2.11. The molecule has 0 aliphatic carbocycles. The molecule has 0 radical (unpaired) electrons. The Morgan fingerprint density at radius 1 is 0.971 bits per heavy atom. The van der Waals surface area contributed by atoms with E-state index in [1.54, 1.807) is 37.3 Å². The first-order valence-electron chi connectivity index (χ1n) is 11.2. The van der Waals surface area contributed by atoms with E-state index >= 15 is 0 Å². The molecular weight excluding hydrogens is 431 g/mol. The molecule has 0 spiro atoms. The van der Waals surface area contributed by atoms with Gasteiger partial charge >= 0.3 is 6.03 Å². The molecule has 0 heterocycles. The summed E-state index contributed by atoms with van der Waals surface area (Å²) in [5, 5.41) is 5.37. The Morgan fingerprint density at radius 2 is 1.56 bits per heavy atom. The van der Waals surface area contributed by atoms with Gasteiger partial charge in [0.2, 0.25) is 0 Å². The summed E-state index contributed by atoms with van der Waals surface area (Å²) in [6.45, 7) is 9.48. The molecular formula is C26H33FN6O. The van der Waals surface area contributed by atoms with Crippen molar-refractivity contribution in [3.63, 3.8) is 0 Å². The second-order valence-corrected chi connectivity index (χ2v) is 7.85. The van der Waals surface area contributed by atoms with Crippen LogP contribution in [-0.2, 0) is 0 Å². The van der Waals surface area contributed by atoms with Crippen molar-refractivity contribution in [1.82, 2.24) is 0 Å². The molecule has 0 aliphatic heterocycles. The van der Waals surface area contributed by atoms with Crippen molar-refractivity contribution in [1.29, 1.82) is 0 Å². The van der Waals surface area contributed by atoms with E-state index in [9.17, 15) is 9.18 Å². The quantitative estimate of drug-likeness (QED) is 0.285. The van der Waals surface area contributed by atoms with Gasteiger partial charge in [-0.1, -0.05) is 45.1 Å². The standard InChI is InChI=1S/C26H33FN6O/c1-6-22(33-25(29)16(4)5)17-9-11-18(12-10-17)30-26(34)31-19-13-14-20(21(27)15-19)23(7-2)32-24(28)8-3/h6-7,9-16H,8H2,1-5H3,(H2,28,32)(H2,29,33)(H2,30,31,34)/b22-6-,23-7-. The van der Waals surface area contributed by atoms with Gasteiger partial charge in [-0.15, -0.1) is 0 Å². The van der Waals surface area contributed by atoms with Gasteiger partial charge in [-0.05, 0) is 49.7 Å². The summed E-state index contributed by atoms with van der Waals surface area (Å²) in [4.78, 5) is 21.1. The van der Waals surface area contributed by atoms with Crippen LogP contribution in [-0.4, -0.2) is 17.7 Å². The minimum Gasteiger partial charge on any atom is -0.387 e. The van der Waals surface area contributed by atoms with Crippen molar-refractivity contribution in [3.05, 3.63) is 71.6 Å². The van der Waals surface area contributed by atoms with Crippen molar-refractivity contribution < 1.29 is 9.18 Å². The number of hydrogen-bond donors (Lipinski definition) is 4. The van der Waals surface area contributed by atoms with Gasteiger partial charge in [0.1, 0.15) is 11.7 Å². The van der Waals surface area contributed by atoms with Crippen LogP contribution >= 0.6 is 0 Å². The lowest BCUT2D eigenvalue weighted by molar-refractivity contribution is 0.262. The normalized spacial score (nSPS) is 13.3. The van der Waals surface area contributed by atoms with Crippen LogP contribution < -0.4 is 22.1 Å². The summed E-state index contributed by atoms with van der Waals surface area (Å²) in [5.74, 6) is 0.597. The molecule has 0 aliphatic rings. The van der Waals surface area contributed by atoms with Gasteiger partial charge in [-0.3, -0.25) is 0 Å². The van der Waals surface area contributed by atoms with E-state index in [4.69, 9.17) is 11.5 Å². The molecule has 7 nitrogen and oxygen atoms in total. The maximum absolute atomic E-state index is 14.7. The van der Waals surface area contributed by atoms with Crippen LogP contribution in [0.2, 0.25) is 0 Å². The molecule has 0 atom stereocenters. The Kier molecular flexibility index (Phi) is 9.55. The van der Waals surface area contributed by atoms with Crippen molar-refractivity contribution >= 4 is 40.5 Å². The fourth-order valence-electron chi connectivity index (χ4n) is 2.90. The average molecular weight is 465 g/mol. The third-order valence-electron chi connectivity index (χ3n) is 4.96. The van der Waals surface area contributed by atoms with Crippen molar-refractivity contribution in [2.24, 2.45) is 27.4 Å². The van der Waals surface area contributed by atoms with Crippen molar-refractivity contribution in [3.8, 4) is 0 Å². The maximum atomic E-state index is 14.7. The van der Waals surface area contributed by atoms with Gasteiger partial charge in [0.25, 0.3) is 0 Å². The van der Waals surface area contributed by atoms with E-state index < -0.39 is 11.8 Å². The number of benzene rings is 2. The molecule has 0 saturated heterocycles. The summed E-state index contributed by atoms with van der Waals surface area (Å²) in [7, 11) is 0. The molecule has 0 unspecified atom stereocenters. The number of allylic oxidation sites excluding steroid dienone is 2. The van der Waals surface area contributed by atoms with Crippen molar-refractivity contribution in [2.75, 3.05) is 10.6 Å². The topological polar surface area (TPSA) is 118 Å². The summed E-state index contributed by atoms with van der Waals surface area (Å²) in [5.41, 5.74) is 15.0. The SMILES string of the molecule is C/C=C(\N=C(N)C(C)C)c1ccc(NC(=O)Nc2ccc(/C(=C/C)N=C(N)CC)c(F)c2)cc1. The molecule has 8 heteroatoms. The zero-order valence-electron chi connectivity index (χ0n) is 20.3. The third-order valence-corrected chi connectivity index (χ3v) is 4.96. The first-order chi connectivity index (χ1) is 16.2. The number of urea groups is 1. The van der Waals surface area contributed by atoms with E-state index in [0.29, 0.717) is 40.7 Å². The number of nitrogens with zero attached hydrogens (tertiary/aromatic N) is 2. The lowest BCUT2D eigenvalue weighted by Crippen LogP contribution is -2.19. The van der Waals surface area contributed by atoms with Crippen LogP contribution in [0.25, 0.3) is 11.4 Å².